The predicted octanol–water partition coefficient (Wildman–Crippen LogP) is 3.52. The summed E-state index contributed by atoms with van der Waals surface area (Å²) in [7, 11) is 1.81. The van der Waals surface area contributed by atoms with Crippen molar-refractivity contribution in [3.63, 3.8) is 0 Å². The third kappa shape index (κ3) is 3.30. The van der Waals surface area contributed by atoms with Gasteiger partial charge in [0.25, 0.3) is 5.91 Å². The molecule has 0 saturated heterocycles. The van der Waals surface area contributed by atoms with E-state index < -0.39 is 0 Å². The van der Waals surface area contributed by atoms with E-state index in [-0.39, 0.29) is 11.7 Å². The Labute approximate surface area is 120 Å². The molecule has 1 fully saturated rings. The second kappa shape index (κ2) is 6.73. The van der Waals surface area contributed by atoms with Gasteiger partial charge in [-0.3, -0.25) is 4.79 Å². The lowest BCUT2D eigenvalue weighted by Crippen LogP contribution is -2.31. The summed E-state index contributed by atoms with van der Waals surface area (Å²) in [4.78, 5) is 14.2. The highest BCUT2D eigenvalue weighted by Crippen LogP contribution is 2.26. The van der Waals surface area contributed by atoms with Crippen LogP contribution in [0.15, 0.2) is 18.2 Å². The molecule has 1 saturated carbocycles. The van der Waals surface area contributed by atoms with Crippen LogP contribution in [0.4, 0.5) is 10.1 Å². The average Bonchev–Trinajstić information content (AvgIpc) is 2.93. The minimum Gasteiger partial charge on any atom is -0.382 e. The Bertz CT molecular complexity index is 470. The van der Waals surface area contributed by atoms with Crippen LogP contribution < -0.4 is 5.32 Å². The second-order valence-corrected chi connectivity index (χ2v) is 5.53. The summed E-state index contributed by atoms with van der Waals surface area (Å²) in [5.41, 5.74) is 0.741. The van der Waals surface area contributed by atoms with Gasteiger partial charge in [0, 0.05) is 20.1 Å². The van der Waals surface area contributed by atoms with E-state index in [2.05, 4.69) is 5.32 Å². The van der Waals surface area contributed by atoms with E-state index in [4.69, 9.17) is 0 Å². The molecule has 0 aromatic heterocycles. The van der Waals surface area contributed by atoms with Gasteiger partial charge in [0.05, 0.1) is 11.3 Å². The summed E-state index contributed by atoms with van der Waals surface area (Å²) < 4.78 is 13.8. The van der Waals surface area contributed by atoms with Crippen molar-refractivity contribution >= 4 is 11.6 Å². The van der Waals surface area contributed by atoms with Crippen molar-refractivity contribution in [2.75, 3.05) is 25.5 Å². The van der Waals surface area contributed by atoms with E-state index in [1.807, 2.05) is 6.92 Å². The fourth-order valence-electron chi connectivity index (χ4n) is 2.93. The molecule has 0 radical (unpaired) electrons. The first-order valence-corrected chi connectivity index (χ1v) is 7.41. The zero-order chi connectivity index (χ0) is 14.5. The van der Waals surface area contributed by atoms with Gasteiger partial charge in [-0.05, 0) is 37.8 Å². The molecule has 0 spiro atoms. The maximum Gasteiger partial charge on any atom is 0.255 e. The van der Waals surface area contributed by atoms with Gasteiger partial charge in [-0.1, -0.05) is 18.9 Å². The van der Waals surface area contributed by atoms with Gasteiger partial charge in [-0.2, -0.15) is 0 Å². The lowest BCUT2D eigenvalue weighted by Gasteiger charge is -2.22. The molecular weight excluding hydrogens is 255 g/mol. The number of anilines is 1. The third-order valence-electron chi connectivity index (χ3n) is 3.95. The van der Waals surface area contributed by atoms with E-state index >= 15 is 0 Å². The molecule has 4 heteroatoms. The third-order valence-corrected chi connectivity index (χ3v) is 3.95. The van der Waals surface area contributed by atoms with Crippen molar-refractivity contribution in [2.45, 2.75) is 32.6 Å². The summed E-state index contributed by atoms with van der Waals surface area (Å²) in [5, 5.41) is 2.95. The van der Waals surface area contributed by atoms with Gasteiger partial charge < -0.3 is 10.2 Å². The lowest BCUT2D eigenvalue weighted by molar-refractivity contribution is 0.0774. The van der Waals surface area contributed by atoms with Gasteiger partial charge in [-0.25, -0.2) is 4.39 Å². The van der Waals surface area contributed by atoms with Crippen LogP contribution in [0.25, 0.3) is 0 Å². The molecule has 0 atom stereocenters. The number of hydrogen-bond donors (Lipinski definition) is 1. The fourth-order valence-corrected chi connectivity index (χ4v) is 2.93. The Morgan fingerprint density at radius 3 is 2.75 bits per heavy atom. The molecule has 0 unspecified atom stereocenters. The normalized spacial score (nSPS) is 15.3. The van der Waals surface area contributed by atoms with Crippen LogP contribution >= 0.6 is 0 Å². The molecule has 20 heavy (non-hydrogen) atoms. The standard InChI is InChI=1S/C16H23FN2O/c1-3-18-15-13(9-6-10-14(15)17)16(20)19(2)11-12-7-4-5-8-12/h6,9-10,12,18H,3-5,7-8,11H2,1-2H3. The number of nitrogens with one attached hydrogen (secondary N) is 1. The minimum absolute atomic E-state index is 0.104. The number of amides is 1. The molecule has 0 heterocycles. The van der Waals surface area contributed by atoms with Crippen molar-refractivity contribution in [3.8, 4) is 0 Å². The number of carbonyl (C=O) groups is 1. The largest absolute Gasteiger partial charge is 0.382 e. The van der Waals surface area contributed by atoms with Crippen molar-refractivity contribution in [1.29, 1.82) is 0 Å². The highest BCUT2D eigenvalue weighted by molar-refractivity contribution is 5.99. The summed E-state index contributed by atoms with van der Waals surface area (Å²) >= 11 is 0. The predicted molar refractivity (Wildman–Crippen MR) is 79.5 cm³/mol. The molecular formula is C16H23FN2O. The van der Waals surface area contributed by atoms with Crippen LogP contribution in [0.5, 0.6) is 0 Å². The number of hydrogen-bond acceptors (Lipinski definition) is 2. The van der Waals surface area contributed by atoms with E-state index in [0.717, 1.165) is 6.54 Å². The van der Waals surface area contributed by atoms with Crippen LogP contribution in [0, 0.1) is 11.7 Å². The number of nitrogens with zero attached hydrogens (tertiary/aromatic N) is 1. The van der Waals surface area contributed by atoms with Gasteiger partial charge in [0.15, 0.2) is 0 Å². The number of benzene rings is 1. The summed E-state index contributed by atoms with van der Waals surface area (Å²) in [6.45, 7) is 3.25. The zero-order valence-electron chi connectivity index (χ0n) is 12.3. The lowest BCUT2D eigenvalue weighted by atomic mass is 10.1. The number of para-hydroxylation sites is 1. The van der Waals surface area contributed by atoms with Crippen LogP contribution in [0.3, 0.4) is 0 Å². The molecule has 1 aromatic carbocycles. The first kappa shape index (κ1) is 14.8. The monoisotopic (exact) mass is 278 g/mol. The number of carbonyl (C=O) groups excluding carboxylic acids is 1. The Kier molecular flexibility index (Phi) is 4.99. The molecule has 0 bridgehead atoms. The molecule has 1 aliphatic rings. The van der Waals surface area contributed by atoms with Gasteiger partial charge in [0.1, 0.15) is 5.82 Å². The van der Waals surface area contributed by atoms with Crippen LogP contribution in [-0.4, -0.2) is 30.9 Å². The van der Waals surface area contributed by atoms with E-state index in [1.54, 1.807) is 24.1 Å². The van der Waals surface area contributed by atoms with Crippen molar-refractivity contribution in [1.82, 2.24) is 4.90 Å². The first-order valence-electron chi connectivity index (χ1n) is 7.41. The van der Waals surface area contributed by atoms with Crippen molar-refractivity contribution in [3.05, 3.63) is 29.6 Å². The topological polar surface area (TPSA) is 32.3 Å². The van der Waals surface area contributed by atoms with Crippen LogP contribution in [0.2, 0.25) is 0 Å². The Balaban J connectivity index is 2.13. The maximum atomic E-state index is 13.8. The smallest absolute Gasteiger partial charge is 0.255 e. The summed E-state index contributed by atoms with van der Waals surface area (Å²) in [5.74, 6) is 0.124. The van der Waals surface area contributed by atoms with Crippen LogP contribution in [-0.2, 0) is 0 Å². The van der Waals surface area contributed by atoms with Crippen molar-refractivity contribution < 1.29 is 9.18 Å². The summed E-state index contributed by atoms with van der Waals surface area (Å²) in [6.07, 6.45) is 4.91. The molecule has 110 valence electrons. The van der Waals surface area contributed by atoms with Crippen molar-refractivity contribution in [2.24, 2.45) is 5.92 Å². The van der Waals surface area contributed by atoms with E-state index in [1.165, 1.54) is 31.7 Å². The number of rotatable bonds is 5. The average molecular weight is 278 g/mol. The second-order valence-electron chi connectivity index (χ2n) is 5.53. The van der Waals surface area contributed by atoms with E-state index in [9.17, 15) is 9.18 Å². The van der Waals surface area contributed by atoms with Crippen LogP contribution in [0.1, 0.15) is 43.0 Å². The molecule has 2 rings (SSSR count). The Morgan fingerprint density at radius 2 is 2.10 bits per heavy atom. The molecule has 1 amide bonds. The fraction of sp³-hybridized carbons (Fsp3) is 0.562. The molecule has 0 aliphatic heterocycles. The first-order chi connectivity index (χ1) is 9.63. The van der Waals surface area contributed by atoms with E-state index in [0.29, 0.717) is 23.7 Å². The Hall–Kier alpha value is -1.58. The van der Waals surface area contributed by atoms with Gasteiger partial charge in [-0.15, -0.1) is 0 Å². The highest BCUT2D eigenvalue weighted by Gasteiger charge is 2.22. The quantitative estimate of drug-likeness (QED) is 0.893. The summed E-state index contributed by atoms with van der Waals surface area (Å²) in [6, 6.07) is 4.66. The molecule has 1 aromatic rings. The Morgan fingerprint density at radius 1 is 1.40 bits per heavy atom. The molecule has 1 aliphatic carbocycles. The molecule has 1 N–H and O–H groups in total. The van der Waals surface area contributed by atoms with Gasteiger partial charge >= 0.3 is 0 Å². The zero-order valence-corrected chi connectivity index (χ0v) is 12.3. The minimum atomic E-state index is -0.369. The maximum absolute atomic E-state index is 13.8. The highest BCUT2D eigenvalue weighted by atomic mass is 19.1. The van der Waals surface area contributed by atoms with Gasteiger partial charge in [0.2, 0.25) is 0 Å². The molecule has 3 nitrogen and oxygen atoms in total. The SMILES string of the molecule is CCNc1c(F)cccc1C(=O)N(C)CC1CCCC1. The number of halogens is 1.